The molecule has 21 heavy (non-hydrogen) atoms. The third-order valence-corrected chi connectivity index (χ3v) is 4.10. The van der Waals surface area contributed by atoms with Crippen molar-refractivity contribution in [1.29, 1.82) is 0 Å². The van der Waals surface area contributed by atoms with E-state index >= 15 is 0 Å². The van der Waals surface area contributed by atoms with Gasteiger partial charge < -0.3 is 14.7 Å². The van der Waals surface area contributed by atoms with Gasteiger partial charge in [0.25, 0.3) is 5.91 Å². The van der Waals surface area contributed by atoms with Crippen LogP contribution >= 0.6 is 15.9 Å². The van der Waals surface area contributed by atoms with Gasteiger partial charge in [-0.25, -0.2) is 0 Å². The molecule has 1 heterocycles. The number of carbonyl (C=O) groups excluding carboxylic acids is 1. The van der Waals surface area contributed by atoms with Crippen molar-refractivity contribution in [1.82, 2.24) is 4.90 Å². The van der Waals surface area contributed by atoms with Crippen LogP contribution < -0.4 is 4.74 Å². The Morgan fingerprint density at radius 1 is 1.38 bits per heavy atom. The van der Waals surface area contributed by atoms with Crippen molar-refractivity contribution in [3.63, 3.8) is 0 Å². The number of nitrogens with zero attached hydrogens (tertiary/aromatic N) is 1. The van der Waals surface area contributed by atoms with Gasteiger partial charge >= 0.3 is 5.97 Å². The molecule has 2 rings (SSSR count). The maximum absolute atomic E-state index is 12.6. The second kappa shape index (κ2) is 6.93. The molecule has 0 radical (unpaired) electrons. The van der Waals surface area contributed by atoms with Gasteiger partial charge in [0.05, 0.1) is 18.1 Å². The lowest BCUT2D eigenvalue weighted by Crippen LogP contribution is -2.40. The Morgan fingerprint density at radius 3 is 2.62 bits per heavy atom. The number of benzene rings is 1. The zero-order chi connectivity index (χ0) is 15.4. The molecule has 0 saturated carbocycles. The first-order valence-corrected chi connectivity index (χ1v) is 7.76. The number of carboxylic acid groups (broad SMARTS) is 1. The summed E-state index contributed by atoms with van der Waals surface area (Å²) in [5.74, 6) is -0.669. The van der Waals surface area contributed by atoms with E-state index in [1.54, 1.807) is 17.0 Å². The summed E-state index contributed by atoms with van der Waals surface area (Å²) in [4.78, 5) is 25.3. The van der Waals surface area contributed by atoms with Gasteiger partial charge in [-0.3, -0.25) is 9.59 Å². The van der Waals surface area contributed by atoms with Crippen LogP contribution in [0.25, 0.3) is 0 Å². The molecule has 1 N–H and O–H groups in total. The quantitative estimate of drug-likeness (QED) is 0.901. The predicted octanol–water partition coefficient (Wildman–Crippen LogP) is 2.78. The van der Waals surface area contributed by atoms with E-state index in [1.165, 1.54) is 0 Å². The summed E-state index contributed by atoms with van der Waals surface area (Å²) >= 11 is 3.36. The van der Waals surface area contributed by atoms with E-state index in [4.69, 9.17) is 9.84 Å². The van der Waals surface area contributed by atoms with Crippen LogP contribution in [0.1, 0.15) is 30.1 Å². The number of rotatable bonds is 4. The maximum atomic E-state index is 12.6. The molecule has 0 spiro atoms. The van der Waals surface area contributed by atoms with E-state index < -0.39 is 5.97 Å². The molecule has 0 atom stereocenters. The third kappa shape index (κ3) is 3.75. The topological polar surface area (TPSA) is 66.8 Å². The minimum Gasteiger partial charge on any atom is -0.493 e. The van der Waals surface area contributed by atoms with Crippen molar-refractivity contribution in [2.24, 2.45) is 5.92 Å². The maximum Gasteiger partial charge on any atom is 0.306 e. The highest BCUT2D eigenvalue weighted by Crippen LogP contribution is 2.27. The first kappa shape index (κ1) is 15.8. The summed E-state index contributed by atoms with van der Waals surface area (Å²) in [6, 6.07) is 5.35. The smallest absolute Gasteiger partial charge is 0.306 e. The van der Waals surface area contributed by atoms with Gasteiger partial charge in [0.15, 0.2) is 0 Å². The molecule has 1 aromatic carbocycles. The largest absolute Gasteiger partial charge is 0.493 e. The summed E-state index contributed by atoms with van der Waals surface area (Å²) in [5.41, 5.74) is 0.514. The molecule has 1 aliphatic rings. The van der Waals surface area contributed by atoms with Crippen molar-refractivity contribution < 1.29 is 19.4 Å². The molecular formula is C15H18BrNO4. The molecular weight excluding hydrogens is 338 g/mol. The summed E-state index contributed by atoms with van der Waals surface area (Å²) in [6.07, 6.45) is 0.998. The normalized spacial score (nSPS) is 15.8. The van der Waals surface area contributed by atoms with E-state index in [0.29, 0.717) is 43.9 Å². The molecule has 5 nitrogen and oxygen atoms in total. The van der Waals surface area contributed by atoms with Crippen molar-refractivity contribution in [2.45, 2.75) is 19.8 Å². The van der Waals surface area contributed by atoms with Crippen LogP contribution in [-0.4, -0.2) is 41.6 Å². The summed E-state index contributed by atoms with van der Waals surface area (Å²) in [5, 5.41) is 9.00. The number of aliphatic carboxylic acids is 1. The zero-order valence-corrected chi connectivity index (χ0v) is 13.4. The summed E-state index contributed by atoms with van der Waals surface area (Å²) in [6.45, 7) is 3.29. The van der Waals surface area contributed by atoms with Gasteiger partial charge in [0.2, 0.25) is 0 Å². The Kier molecular flexibility index (Phi) is 5.22. The lowest BCUT2D eigenvalue weighted by Gasteiger charge is -2.30. The van der Waals surface area contributed by atoms with Crippen LogP contribution in [0.2, 0.25) is 0 Å². The molecule has 0 aromatic heterocycles. The molecule has 0 aliphatic carbocycles. The van der Waals surface area contributed by atoms with Crippen LogP contribution in [0.5, 0.6) is 5.75 Å². The number of likely N-dealkylation sites (tertiary alicyclic amines) is 1. The van der Waals surface area contributed by atoms with Crippen molar-refractivity contribution in [3.8, 4) is 5.75 Å². The fourth-order valence-electron chi connectivity index (χ4n) is 2.45. The lowest BCUT2D eigenvalue weighted by molar-refractivity contribution is -0.143. The van der Waals surface area contributed by atoms with Crippen LogP contribution in [0.4, 0.5) is 0 Å². The molecule has 1 fully saturated rings. The molecule has 1 amide bonds. The first-order chi connectivity index (χ1) is 10.0. The monoisotopic (exact) mass is 355 g/mol. The van der Waals surface area contributed by atoms with Crippen LogP contribution in [0.3, 0.4) is 0 Å². The van der Waals surface area contributed by atoms with Crippen LogP contribution in [0.15, 0.2) is 22.7 Å². The molecule has 1 aliphatic heterocycles. The average Bonchev–Trinajstić information content (AvgIpc) is 2.48. The minimum absolute atomic E-state index is 0.108. The SMILES string of the molecule is CCOc1ccc(Br)cc1C(=O)N1CCC(C(=O)O)CC1. The molecule has 1 aromatic rings. The second-order valence-corrected chi connectivity index (χ2v) is 5.89. The van der Waals surface area contributed by atoms with E-state index in [1.807, 2.05) is 13.0 Å². The standard InChI is InChI=1S/C15H18BrNO4/c1-2-21-13-4-3-11(16)9-12(13)14(18)17-7-5-10(6-8-17)15(19)20/h3-4,9-10H,2,5-8H2,1H3,(H,19,20). The fourth-order valence-corrected chi connectivity index (χ4v) is 2.81. The fraction of sp³-hybridized carbons (Fsp3) is 0.467. The second-order valence-electron chi connectivity index (χ2n) is 4.98. The Balaban J connectivity index is 2.13. The summed E-state index contributed by atoms with van der Waals surface area (Å²) < 4.78 is 6.32. The van der Waals surface area contributed by atoms with E-state index in [9.17, 15) is 9.59 Å². The highest BCUT2D eigenvalue weighted by atomic mass is 79.9. The molecule has 0 bridgehead atoms. The number of amides is 1. The van der Waals surface area contributed by atoms with Crippen molar-refractivity contribution in [3.05, 3.63) is 28.2 Å². The van der Waals surface area contributed by atoms with E-state index in [0.717, 1.165) is 4.47 Å². The number of carboxylic acids is 1. The molecule has 1 saturated heterocycles. The number of ether oxygens (including phenoxy) is 1. The molecule has 6 heteroatoms. The summed E-state index contributed by atoms with van der Waals surface area (Å²) in [7, 11) is 0. The number of hydrogen-bond donors (Lipinski definition) is 1. The van der Waals surface area contributed by atoms with Crippen molar-refractivity contribution in [2.75, 3.05) is 19.7 Å². The van der Waals surface area contributed by atoms with Gasteiger partial charge in [-0.15, -0.1) is 0 Å². The van der Waals surface area contributed by atoms with Crippen LogP contribution in [0, 0.1) is 5.92 Å². The van der Waals surface area contributed by atoms with Gasteiger partial charge in [0.1, 0.15) is 5.75 Å². The highest BCUT2D eigenvalue weighted by Gasteiger charge is 2.28. The Labute approximate surface area is 132 Å². The van der Waals surface area contributed by atoms with Gasteiger partial charge in [-0.05, 0) is 38.0 Å². The lowest BCUT2D eigenvalue weighted by atomic mass is 9.96. The first-order valence-electron chi connectivity index (χ1n) is 6.97. The zero-order valence-electron chi connectivity index (χ0n) is 11.8. The van der Waals surface area contributed by atoms with Crippen molar-refractivity contribution >= 4 is 27.8 Å². The number of piperidine rings is 1. The molecule has 114 valence electrons. The number of hydrogen-bond acceptors (Lipinski definition) is 3. The van der Waals surface area contributed by atoms with Gasteiger partial charge in [-0.1, -0.05) is 15.9 Å². The Bertz CT molecular complexity index is 538. The number of halogens is 1. The molecule has 0 unspecified atom stereocenters. The Hall–Kier alpha value is -1.56. The van der Waals surface area contributed by atoms with E-state index in [-0.39, 0.29) is 11.8 Å². The number of carbonyl (C=O) groups is 2. The van der Waals surface area contributed by atoms with Gasteiger partial charge in [0, 0.05) is 17.6 Å². The predicted molar refractivity (Wildman–Crippen MR) is 81.6 cm³/mol. The minimum atomic E-state index is -0.778. The average molecular weight is 356 g/mol. The Morgan fingerprint density at radius 2 is 2.05 bits per heavy atom. The van der Waals surface area contributed by atoms with Crippen LogP contribution in [-0.2, 0) is 4.79 Å². The van der Waals surface area contributed by atoms with Gasteiger partial charge in [-0.2, -0.15) is 0 Å². The highest BCUT2D eigenvalue weighted by molar-refractivity contribution is 9.10. The van der Waals surface area contributed by atoms with E-state index in [2.05, 4.69) is 15.9 Å². The third-order valence-electron chi connectivity index (χ3n) is 3.60.